The molecule has 0 aliphatic heterocycles. The predicted octanol–water partition coefficient (Wildman–Crippen LogP) is 20.7. The van der Waals surface area contributed by atoms with Crippen LogP contribution < -0.4 is 114 Å². The van der Waals surface area contributed by atoms with Gasteiger partial charge in [0.25, 0.3) is 0 Å². The zero-order chi connectivity index (χ0) is 107. The molecule has 0 bridgehead atoms. The zero-order valence-electron chi connectivity index (χ0n) is 87.0. The molecule has 11 aromatic rings. The molecule has 768 valence electrons. The highest BCUT2D eigenvalue weighted by molar-refractivity contribution is 5.99. The Hall–Kier alpha value is -16.6. The van der Waals surface area contributed by atoms with E-state index < -0.39 is 11.9 Å². The number of Topliss-reactive ketones (excluding diaryl/α,β-unsaturated/α-hetero) is 3. The van der Waals surface area contributed by atoms with Crippen LogP contribution in [0.15, 0.2) is 187 Å². The molecular formula is C108H134N2O32. The molecule has 0 aliphatic rings. The number of carboxylic acids is 1. The third-order valence-corrected chi connectivity index (χ3v) is 19.9. The van der Waals surface area contributed by atoms with Gasteiger partial charge in [0.2, 0.25) is 11.5 Å². The lowest BCUT2D eigenvalue weighted by Crippen LogP contribution is -2.04. The highest BCUT2D eigenvalue weighted by Crippen LogP contribution is 2.44. The van der Waals surface area contributed by atoms with Gasteiger partial charge in [-0.15, -0.1) is 0 Å². The molecule has 142 heavy (non-hydrogen) atoms. The third-order valence-electron chi connectivity index (χ3n) is 19.9. The van der Waals surface area contributed by atoms with Crippen LogP contribution in [0.4, 0.5) is 5.69 Å². The molecule has 34 nitrogen and oxygen atoms in total. The number of rotatable bonds is 33. The summed E-state index contributed by atoms with van der Waals surface area (Å²) in [5.74, 6) is 14.0. The highest BCUT2D eigenvalue weighted by atomic mass is 16.6. The Morgan fingerprint density at radius 3 is 0.894 bits per heavy atom. The van der Waals surface area contributed by atoms with E-state index >= 15 is 0 Å². The summed E-state index contributed by atoms with van der Waals surface area (Å²) in [6, 6.07) is 54.4. The summed E-state index contributed by atoms with van der Waals surface area (Å²) in [7, 11) is 38.9. The number of hydrogen-bond acceptors (Lipinski definition) is 33. The molecule has 0 amide bonds. The number of aliphatic imine (C=N–C) groups is 1. The molecular weight excluding hydrogens is 1840 g/mol. The molecule has 0 saturated carbocycles. The van der Waals surface area contributed by atoms with Crippen molar-refractivity contribution in [2.45, 2.75) is 61.3 Å². The lowest BCUT2D eigenvalue weighted by Gasteiger charge is -2.14. The van der Waals surface area contributed by atoms with Gasteiger partial charge in [-0.3, -0.25) is 24.2 Å². The number of carbonyl (C=O) groups excluding carboxylic acids is 5. The number of carbonyl (C=O) groups is 6. The Morgan fingerprint density at radius 1 is 0.317 bits per heavy atom. The van der Waals surface area contributed by atoms with E-state index in [4.69, 9.17) is 124 Å². The first-order valence-electron chi connectivity index (χ1n) is 42.8. The fraction of sp³-hybridized carbons (Fsp3) is 0.315. The smallest absolute Gasteiger partial charge is 0.341 e. The standard InChI is InChI=1S/C11H14O3.C10H10N2O2.C10H14O4.C10H12O4.2C10H12O3.2C10H14O2.C9H10O4.C9H10O3.C9H12O2/c1-4-10(12)9-7-8(13-2)5-6-11(9)14-3;1-12-10-7(6-11)8(13-2)4-5-9(10)14-3;1-11-7-5-6-8(12-2)10(14-4)9(7)13-3;1-12-7-4-5-9(13-2)8(6-7)10(11)14-3;2*1-7(11)9-6-8(12-2)4-5-10(9)13-3;1-7-8(2)10(12-4)6-5-9(7)11-3;1-4-8-7-9(11-2)5-6-10(8)12-3;1-12-6-3-4-8(13-2)7(5-6)9(10)11;1-11-8-3-4-9(12-2)7(5-8)6-10;1-7-6-8(10-2)4-5-9(7)11-3/h5-7H,4H2,1-3H3;4-5H,1H2,2-3H3;5-6H,1-4H3;4-6H,1-3H3;2*4-6H,1-3H3;5-6H,1-4H3;5-7H,4H2,1-3H3;3-5H,1-2H3,(H,10,11);3-6H,1-2H3;4-6H,1-3H3. The van der Waals surface area contributed by atoms with Crippen molar-refractivity contribution in [2.24, 2.45) is 4.99 Å². The van der Waals surface area contributed by atoms with E-state index in [0.29, 0.717) is 149 Å². The van der Waals surface area contributed by atoms with Gasteiger partial charge in [-0.2, -0.15) is 5.26 Å². The molecule has 0 saturated heterocycles. The van der Waals surface area contributed by atoms with Gasteiger partial charge >= 0.3 is 11.9 Å². The van der Waals surface area contributed by atoms with Crippen molar-refractivity contribution in [1.29, 1.82) is 5.26 Å². The summed E-state index contributed by atoms with van der Waals surface area (Å²) < 4.78 is 126. The molecule has 1 N–H and O–H groups in total. The Labute approximate surface area is 832 Å². The second-order valence-corrected chi connectivity index (χ2v) is 27.8. The molecule has 0 aromatic heterocycles. The van der Waals surface area contributed by atoms with Crippen LogP contribution in [0.2, 0.25) is 0 Å². The summed E-state index contributed by atoms with van der Waals surface area (Å²) in [5.41, 5.74) is 7.90. The molecule has 0 unspecified atom stereocenters. The maximum absolute atomic E-state index is 11.5. The number of hydrogen-bond donors (Lipinski definition) is 1. The molecule has 11 aromatic carbocycles. The number of carboxylic acid groups (broad SMARTS) is 1. The second kappa shape index (κ2) is 68.4. The largest absolute Gasteiger partial charge is 0.497 e. The van der Waals surface area contributed by atoms with Crippen LogP contribution in [0.3, 0.4) is 0 Å². The average molecular weight is 1970 g/mol. The fourth-order valence-corrected chi connectivity index (χ4v) is 12.1. The van der Waals surface area contributed by atoms with Gasteiger partial charge < -0.3 is 124 Å². The first kappa shape index (κ1) is 123. The van der Waals surface area contributed by atoms with Gasteiger partial charge in [-0.25, -0.2) is 9.59 Å². The van der Waals surface area contributed by atoms with Crippen LogP contribution in [0.25, 0.3) is 0 Å². The maximum Gasteiger partial charge on any atom is 0.341 e. The second-order valence-electron chi connectivity index (χ2n) is 27.8. The minimum atomic E-state index is -1.03. The fourth-order valence-electron chi connectivity index (χ4n) is 12.1. The molecule has 0 heterocycles. The molecule has 0 atom stereocenters. The number of methoxy groups -OCH3 is 25. The lowest BCUT2D eigenvalue weighted by molar-refractivity contribution is 0.0595. The van der Waals surface area contributed by atoms with E-state index in [1.165, 1.54) is 96.6 Å². The maximum atomic E-state index is 11.5. The van der Waals surface area contributed by atoms with Crippen molar-refractivity contribution in [2.75, 3.05) is 178 Å². The predicted molar refractivity (Wildman–Crippen MR) is 544 cm³/mol. The highest BCUT2D eigenvalue weighted by Gasteiger charge is 2.20. The van der Waals surface area contributed by atoms with E-state index in [1.807, 2.05) is 82.3 Å². The molecule has 0 fully saturated rings. The van der Waals surface area contributed by atoms with Gasteiger partial charge in [0.15, 0.2) is 35.1 Å². The molecule has 11 rings (SSSR count). The Kier molecular flexibility index (Phi) is 59.5. The number of nitrogens with zero attached hydrogens (tertiary/aromatic N) is 2. The van der Waals surface area contributed by atoms with Gasteiger partial charge in [0.05, 0.1) is 200 Å². The summed E-state index contributed by atoms with van der Waals surface area (Å²) in [4.78, 5) is 70.1. The summed E-state index contributed by atoms with van der Waals surface area (Å²) in [5, 5.41) is 17.7. The average Bonchev–Trinajstić information content (AvgIpc) is 0.821. The zero-order valence-corrected chi connectivity index (χ0v) is 87.0. The number of nitriles is 1. The van der Waals surface area contributed by atoms with Crippen LogP contribution in [-0.4, -0.2) is 225 Å². The van der Waals surface area contributed by atoms with E-state index in [9.17, 15) is 28.8 Å². The minimum Gasteiger partial charge on any atom is -0.497 e. The van der Waals surface area contributed by atoms with E-state index in [1.54, 1.807) is 234 Å². The van der Waals surface area contributed by atoms with Crippen LogP contribution in [0.5, 0.6) is 138 Å². The van der Waals surface area contributed by atoms with Crippen LogP contribution in [-0.2, 0) is 11.2 Å². The first-order valence-corrected chi connectivity index (χ1v) is 42.8. The van der Waals surface area contributed by atoms with Gasteiger partial charge in [-0.1, -0.05) is 13.8 Å². The number of aromatic carboxylic acids is 1. The molecule has 0 aliphatic carbocycles. The molecule has 0 radical (unpaired) electrons. The van der Waals surface area contributed by atoms with Gasteiger partial charge in [-0.05, 0) is 252 Å². The van der Waals surface area contributed by atoms with Gasteiger partial charge in [0, 0.05) is 6.42 Å². The normalized spacial score (nSPS) is 9.40. The van der Waals surface area contributed by atoms with E-state index in [0.717, 1.165) is 63.9 Å². The third kappa shape index (κ3) is 38.8. The Bertz CT molecular complexity index is 5530. The Balaban J connectivity index is 0.000000782. The van der Waals surface area contributed by atoms with Crippen LogP contribution in [0.1, 0.15) is 124 Å². The summed E-state index contributed by atoms with van der Waals surface area (Å²) in [6.07, 6.45) is 2.16. The molecule has 0 spiro atoms. The van der Waals surface area contributed by atoms with Crippen molar-refractivity contribution in [3.8, 4) is 144 Å². The quantitative estimate of drug-likeness (QED) is 0.0173. The van der Waals surface area contributed by atoms with Gasteiger partial charge in [0.1, 0.15) is 143 Å². The van der Waals surface area contributed by atoms with Crippen molar-refractivity contribution in [3.63, 3.8) is 0 Å². The number of aldehydes is 1. The first-order chi connectivity index (χ1) is 68.2. The summed E-state index contributed by atoms with van der Waals surface area (Å²) in [6.45, 7) is 16.3. The minimum absolute atomic E-state index is 0.0317. The summed E-state index contributed by atoms with van der Waals surface area (Å²) >= 11 is 0. The monoisotopic (exact) mass is 1970 g/mol. The van der Waals surface area contributed by atoms with Crippen molar-refractivity contribution >= 4 is 48.0 Å². The number of aryl methyl sites for hydroxylation is 2. The van der Waals surface area contributed by atoms with E-state index in [2.05, 4.69) is 23.4 Å². The number of ketones is 3. The van der Waals surface area contributed by atoms with Crippen LogP contribution >= 0.6 is 0 Å². The molecule has 34 heteroatoms. The topological polar surface area (TPSA) is 390 Å². The number of esters is 1. The van der Waals surface area contributed by atoms with E-state index in [-0.39, 0.29) is 22.9 Å². The lowest BCUT2D eigenvalue weighted by atomic mass is 10.1. The van der Waals surface area contributed by atoms with Crippen molar-refractivity contribution in [1.82, 2.24) is 0 Å². The number of ether oxygens (including phenoxy) is 25. The van der Waals surface area contributed by atoms with Crippen LogP contribution in [0, 0.1) is 32.1 Å². The number of benzene rings is 11. The Morgan fingerprint density at radius 2 is 0.592 bits per heavy atom. The SMILES string of the molecule is C=Nc1c(OC)ccc(OC)c1C#N.CCC(=O)c1cc(OC)ccc1OC.CCc1cc(OC)ccc1OC.COC(=O)c1cc(OC)ccc1OC.COc1ccc(OC)c(C(=O)O)c1.COc1ccc(OC)c(C(C)=O)c1.COc1ccc(OC)c(C(C)=O)c1.COc1ccc(OC)c(C)c1.COc1ccc(OC)c(C)c1C.COc1ccc(OC)c(C=O)c1.COc1ccc(OC)c(OC)c1OC. The van der Waals surface area contributed by atoms with Crippen molar-refractivity contribution < 1.29 is 152 Å². The van der Waals surface area contributed by atoms with Crippen molar-refractivity contribution in [3.05, 3.63) is 243 Å².